The van der Waals surface area contributed by atoms with Crippen molar-refractivity contribution in [1.29, 1.82) is 0 Å². The summed E-state index contributed by atoms with van der Waals surface area (Å²) in [4.78, 5) is 9.68. The SMILES string of the molecule is CCNC(=NCCc1nnc2ccccn12)N1CCN(Cc2ccc(Cl)cc2)CC1. The topological polar surface area (TPSA) is 61.1 Å². The molecule has 0 spiro atoms. The van der Waals surface area contributed by atoms with Crippen molar-refractivity contribution in [2.75, 3.05) is 39.3 Å². The van der Waals surface area contributed by atoms with Crippen LogP contribution in [0.3, 0.4) is 0 Å². The fourth-order valence-electron chi connectivity index (χ4n) is 3.71. The number of hydrogen-bond acceptors (Lipinski definition) is 4. The zero-order chi connectivity index (χ0) is 20.8. The van der Waals surface area contributed by atoms with Gasteiger partial charge in [-0.2, -0.15) is 0 Å². The summed E-state index contributed by atoms with van der Waals surface area (Å²) in [6, 6.07) is 14.1. The fourth-order valence-corrected chi connectivity index (χ4v) is 3.84. The lowest BCUT2D eigenvalue weighted by molar-refractivity contribution is 0.172. The molecule has 4 rings (SSSR count). The van der Waals surface area contributed by atoms with Crippen molar-refractivity contribution in [3.8, 4) is 0 Å². The van der Waals surface area contributed by atoms with Crippen LogP contribution in [0.15, 0.2) is 53.7 Å². The number of guanidine groups is 1. The van der Waals surface area contributed by atoms with Gasteiger partial charge in [-0.3, -0.25) is 14.3 Å². The number of nitrogens with zero attached hydrogens (tertiary/aromatic N) is 6. The lowest BCUT2D eigenvalue weighted by atomic mass is 10.2. The van der Waals surface area contributed by atoms with E-state index >= 15 is 0 Å². The Hall–Kier alpha value is -2.64. The summed E-state index contributed by atoms with van der Waals surface area (Å²) in [5.41, 5.74) is 2.18. The highest BCUT2D eigenvalue weighted by molar-refractivity contribution is 6.30. The number of piperazine rings is 1. The Bertz CT molecular complexity index is 975. The maximum absolute atomic E-state index is 5.99. The van der Waals surface area contributed by atoms with E-state index in [-0.39, 0.29) is 0 Å². The lowest BCUT2D eigenvalue weighted by Crippen LogP contribution is -2.52. The summed E-state index contributed by atoms with van der Waals surface area (Å²) in [6.07, 6.45) is 2.76. The van der Waals surface area contributed by atoms with Gasteiger partial charge in [0.1, 0.15) is 5.82 Å². The summed E-state index contributed by atoms with van der Waals surface area (Å²) >= 11 is 5.99. The molecular weight excluding hydrogens is 398 g/mol. The monoisotopic (exact) mass is 425 g/mol. The molecule has 158 valence electrons. The van der Waals surface area contributed by atoms with Crippen LogP contribution < -0.4 is 5.32 Å². The second kappa shape index (κ2) is 9.91. The summed E-state index contributed by atoms with van der Waals surface area (Å²) in [5.74, 6) is 1.93. The molecule has 8 heteroatoms. The lowest BCUT2D eigenvalue weighted by Gasteiger charge is -2.36. The van der Waals surface area contributed by atoms with E-state index in [4.69, 9.17) is 16.6 Å². The van der Waals surface area contributed by atoms with E-state index < -0.39 is 0 Å². The number of hydrogen-bond donors (Lipinski definition) is 1. The van der Waals surface area contributed by atoms with Crippen molar-refractivity contribution in [2.24, 2.45) is 4.99 Å². The summed E-state index contributed by atoms with van der Waals surface area (Å²) in [7, 11) is 0. The van der Waals surface area contributed by atoms with Crippen LogP contribution >= 0.6 is 11.6 Å². The molecule has 1 aliphatic heterocycles. The van der Waals surface area contributed by atoms with Gasteiger partial charge in [0.05, 0.1) is 0 Å². The number of benzene rings is 1. The van der Waals surface area contributed by atoms with E-state index in [2.05, 4.69) is 44.4 Å². The van der Waals surface area contributed by atoms with Gasteiger partial charge in [0.15, 0.2) is 11.6 Å². The van der Waals surface area contributed by atoms with Crippen LogP contribution in [-0.2, 0) is 13.0 Å². The average Bonchev–Trinajstić information content (AvgIpc) is 3.19. The highest BCUT2D eigenvalue weighted by atomic mass is 35.5. The van der Waals surface area contributed by atoms with Crippen LogP contribution in [0.4, 0.5) is 0 Å². The van der Waals surface area contributed by atoms with E-state index in [1.165, 1.54) is 5.56 Å². The Morgan fingerprint density at radius 2 is 1.87 bits per heavy atom. The molecule has 1 N–H and O–H groups in total. The van der Waals surface area contributed by atoms with Crippen molar-refractivity contribution < 1.29 is 0 Å². The first-order valence-electron chi connectivity index (χ1n) is 10.5. The molecule has 0 amide bonds. The molecule has 3 aromatic rings. The molecule has 30 heavy (non-hydrogen) atoms. The molecule has 0 radical (unpaired) electrons. The maximum Gasteiger partial charge on any atom is 0.194 e. The smallest absolute Gasteiger partial charge is 0.194 e. The highest BCUT2D eigenvalue weighted by Crippen LogP contribution is 2.13. The normalized spacial score (nSPS) is 15.7. The fraction of sp³-hybridized carbons (Fsp3) is 0.409. The number of nitrogens with one attached hydrogen (secondary N) is 1. The number of pyridine rings is 1. The van der Waals surface area contributed by atoms with Gasteiger partial charge in [-0.05, 0) is 36.8 Å². The van der Waals surface area contributed by atoms with Crippen molar-refractivity contribution in [1.82, 2.24) is 29.7 Å². The Morgan fingerprint density at radius 1 is 1.07 bits per heavy atom. The molecule has 7 nitrogen and oxygen atoms in total. The molecule has 2 aromatic heterocycles. The summed E-state index contributed by atoms with van der Waals surface area (Å²) in [5, 5.41) is 12.7. The maximum atomic E-state index is 5.99. The number of fused-ring (bicyclic) bond motifs is 1. The molecule has 0 saturated carbocycles. The van der Waals surface area contributed by atoms with Crippen LogP contribution in [0.1, 0.15) is 18.3 Å². The Morgan fingerprint density at radius 3 is 2.63 bits per heavy atom. The second-order valence-corrected chi connectivity index (χ2v) is 7.86. The van der Waals surface area contributed by atoms with Gasteiger partial charge >= 0.3 is 0 Å². The van der Waals surface area contributed by atoms with Crippen molar-refractivity contribution in [2.45, 2.75) is 19.9 Å². The number of halogens is 1. The predicted molar refractivity (Wildman–Crippen MR) is 121 cm³/mol. The molecule has 1 fully saturated rings. The third-order valence-electron chi connectivity index (χ3n) is 5.31. The van der Waals surface area contributed by atoms with E-state index in [9.17, 15) is 0 Å². The van der Waals surface area contributed by atoms with Crippen LogP contribution in [-0.4, -0.2) is 69.6 Å². The first-order chi connectivity index (χ1) is 14.7. The number of aromatic nitrogens is 3. The van der Waals surface area contributed by atoms with Gasteiger partial charge in [0, 0.05) is 63.5 Å². The van der Waals surface area contributed by atoms with Crippen molar-refractivity contribution in [3.63, 3.8) is 0 Å². The van der Waals surface area contributed by atoms with Crippen LogP contribution in [0.2, 0.25) is 5.02 Å². The number of rotatable bonds is 6. The molecule has 1 aliphatic rings. The van der Waals surface area contributed by atoms with E-state index in [0.29, 0.717) is 6.54 Å². The second-order valence-electron chi connectivity index (χ2n) is 7.42. The van der Waals surface area contributed by atoms with Gasteiger partial charge in [0.25, 0.3) is 0 Å². The minimum absolute atomic E-state index is 0.684. The van der Waals surface area contributed by atoms with E-state index in [0.717, 1.165) is 68.1 Å². The number of aliphatic imine (C=N–C) groups is 1. The first-order valence-corrected chi connectivity index (χ1v) is 10.9. The Kier molecular flexibility index (Phi) is 6.81. The molecule has 3 heterocycles. The standard InChI is InChI=1S/C22H28ClN7/c1-2-24-22(25-11-10-21-27-26-20-5-3-4-12-30(20)21)29-15-13-28(14-16-29)17-18-6-8-19(23)9-7-18/h3-9,12H,2,10-11,13-17H2,1H3,(H,24,25). The molecule has 0 aliphatic carbocycles. The Labute approximate surface area is 182 Å². The summed E-state index contributed by atoms with van der Waals surface area (Å²) < 4.78 is 2.03. The van der Waals surface area contributed by atoms with Crippen molar-refractivity contribution in [3.05, 3.63) is 65.1 Å². The van der Waals surface area contributed by atoms with Gasteiger partial charge < -0.3 is 10.2 Å². The van der Waals surface area contributed by atoms with Crippen LogP contribution in [0.5, 0.6) is 0 Å². The third-order valence-corrected chi connectivity index (χ3v) is 5.56. The zero-order valence-corrected chi connectivity index (χ0v) is 18.1. The molecule has 0 atom stereocenters. The minimum Gasteiger partial charge on any atom is -0.357 e. The van der Waals surface area contributed by atoms with E-state index in [1.54, 1.807) is 0 Å². The first kappa shape index (κ1) is 20.6. The minimum atomic E-state index is 0.684. The molecule has 1 aromatic carbocycles. The summed E-state index contributed by atoms with van der Waals surface area (Å²) in [6.45, 7) is 8.57. The predicted octanol–water partition coefficient (Wildman–Crippen LogP) is 2.71. The van der Waals surface area contributed by atoms with Gasteiger partial charge in [-0.15, -0.1) is 10.2 Å². The average molecular weight is 426 g/mol. The molecular formula is C22H28ClN7. The molecule has 1 saturated heterocycles. The highest BCUT2D eigenvalue weighted by Gasteiger charge is 2.19. The van der Waals surface area contributed by atoms with E-state index in [1.807, 2.05) is 40.9 Å². The third kappa shape index (κ3) is 5.09. The zero-order valence-electron chi connectivity index (χ0n) is 17.3. The molecule has 0 bridgehead atoms. The quantitative estimate of drug-likeness (QED) is 0.486. The van der Waals surface area contributed by atoms with Gasteiger partial charge in [0.2, 0.25) is 0 Å². The van der Waals surface area contributed by atoms with Gasteiger partial charge in [-0.25, -0.2) is 0 Å². The van der Waals surface area contributed by atoms with Crippen LogP contribution in [0, 0.1) is 0 Å². The van der Waals surface area contributed by atoms with Crippen LogP contribution in [0.25, 0.3) is 5.65 Å². The van der Waals surface area contributed by atoms with Crippen molar-refractivity contribution >= 4 is 23.2 Å². The molecule has 0 unspecified atom stereocenters. The Balaban J connectivity index is 1.32. The largest absolute Gasteiger partial charge is 0.357 e. The van der Waals surface area contributed by atoms with Gasteiger partial charge in [-0.1, -0.05) is 29.8 Å².